The Morgan fingerprint density at radius 2 is 1.28 bits per heavy atom. The molecule has 0 aliphatic carbocycles. The lowest BCUT2D eigenvalue weighted by atomic mass is 10.1. The number of thioether (sulfide) groups is 1. The summed E-state index contributed by atoms with van der Waals surface area (Å²) in [7, 11) is 0. The number of benzene rings is 2. The summed E-state index contributed by atoms with van der Waals surface area (Å²) in [4.78, 5) is 0. The van der Waals surface area contributed by atoms with E-state index in [0.717, 1.165) is 31.5 Å². The van der Waals surface area contributed by atoms with E-state index in [-0.39, 0.29) is 0 Å². The third-order valence-corrected chi connectivity index (χ3v) is 4.94. The molecule has 4 nitrogen and oxygen atoms in total. The second-order valence-corrected chi connectivity index (χ2v) is 7.74. The number of halogens is 2. The maximum absolute atomic E-state index is 4.38. The fourth-order valence-corrected chi connectivity index (χ4v) is 2.65. The van der Waals surface area contributed by atoms with Gasteiger partial charge in [0.1, 0.15) is 0 Å². The fraction of sp³-hybridized carbons (Fsp3) is 0.167. The van der Waals surface area contributed by atoms with Crippen LogP contribution in [-0.4, -0.2) is 22.8 Å². The Labute approximate surface area is 169 Å². The highest BCUT2D eigenvalue weighted by Crippen LogP contribution is 2.12. The van der Waals surface area contributed by atoms with Gasteiger partial charge in [-0.15, -0.1) is 5.10 Å². The summed E-state index contributed by atoms with van der Waals surface area (Å²) in [6, 6.07) is 16.0. The molecule has 0 aliphatic rings. The molecule has 0 spiro atoms. The maximum Gasteiger partial charge on any atom is 0.203 e. The van der Waals surface area contributed by atoms with Crippen LogP contribution in [-0.2, 0) is 0 Å². The van der Waals surface area contributed by atoms with E-state index in [1.54, 1.807) is 0 Å². The van der Waals surface area contributed by atoms with Crippen molar-refractivity contribution in [3.63, 3.8) is 0 Å². The normalized spacial score (nSPS) is 13.1. The Kier molecular flexibility index (Phi) is 7.87. The standard InChI is InChI=1S/C18H18Br2N4S/c1-12(14-4-8-16(19)9-5-14)21-23-18(25-3)24-22-13(2)15-6-10-17(20)11-7-15/h4-11H,1-3H3,(H,23,24)/b21-12-,22-13-. The van der Waals surface area contributed by atoms with E-state index in [1.807, 2.05) is 68.6 Å². The third kappa shape index (κ3) is 6.41. The van der Waals surface area contributed by atoms with Gasteiger partial charge in [0.25, 0.3) is 0 Å². The van der Waals surface area contributed by atoms with Crippen LogP contribution in [0.3, 0.4) is 0 Å². The van der Waals surface area contributed by atoms with Crippen LogP contribution in [0.4, 0.5) is 0 Å². The number of hydrogen-bond donors (Lipinski definition) is 1. The van der Waals surface area contributed by atoms with Gasteiger partial charge in [0.05, 0.1) is 11.4 Å². The highest BCUT2D eigenvalue weighted by molar-refractivity contribution is 9.10. The predicted octanol–water partition coefficient (Wildman–Crippen LogP) is 5.67. The van der Waals surface area contributed by atoms with E-state index in [1.165, 1.54) is 11.8 Å². The van der Waals surface area contributed by atoms with Gasteiger partial charge in [-0.2, -0.15) is 10.2 Å². The average molecular weight is 482 g/mol. The minimum atomic E-state index is 0.632. The topological polar surface area (TPSA) is 49.1 Å². The zero-order chi connectivity index (χ0) is 18.2. The van der Waals surface area contributed by atoms with Gasteiger partial charge < -0.3 is 0 Å². The number of hydrogen-bond acceptors (Lipinski definition) is 4. The first-order chi connectivity index (χ1) is 12.0. The first-order valence-electron chi connectivity index (χ1n) is 7.48. The van der Waals surface area contributed by atoms with Crippen molar-refractivity contribution in [1.82, 2.24) is 5.43 Å². The minimum Gasteiger partial charge on any atom is -0.254 e. The van der Waals surface area contributed by atoms with Gasteiger partial charge in [0.2, 0.25) is 5.17 Å². The van der Waals surface area contributed by atoms with Crippen molar-refractivity contribution in [1.29, 1.82) is 0 Å². The molecule has 0 unspecified atom stereocenters. The second-order valence-electron chi connectivity index (χ2n) is 5.12. The average Bonchev–Trinajstić information content (AvgIpc) is 2.62. The molecule has 0 saturated heterocycles. The summed E-state index contributed by atoms with van der Waals surface area (Å²) >= 11 is 8.32. The molecule has 0 saturated carbocycles. The summed E-state index contributed by atoms with van der Waals surface area (Å²) in [5.74, 6) is 0. The van der Waals surface area contributed by atoms with Crippen LogP contribution >= 0.6 is 43.6 Å². The fourth-order valence-electron chi connectivity index (χ4n) is 1.87. The summed E-state index contributed by atoms with van der Waals surface area (Å²) < 4.78 is 2.08. The summed E-state index contributed by atoms with van der Waals surface area (Å²) in [6.07, 6.45) is 1.93. The molecule has 0 aromatic heterocycles. The zero-order valence-corrected chi connectivity index (χ0v) is 18.1. The Morgan fingerprint density at radius 3 is 1.76 bits per heavy atom. The maximum atomic E-state index is 4.38. The number of rotatable bonds is 4. The molecule has 0 radical (unpaired) electrons. The van der Waals surface area contributed by atoms with E-state index >= 15 is 0 Å². The van der Waals surface area contributed by atoms with E-state index in [2.05, 4.69) is 52.6 Å². The highest BCUT2D eigenvalue weighted by atomic mass is 79.9. The zero-order valence-electron chi connectivity index (χ0n) is 14.1. The molecular weight excluding hydrogens is 464 g/mol. The van der Waals surface area contributed by atoms with Gasteiger partial charge in [-0.25, -0.2) is 0 Å². The Morgan fingerprint density at radius 1 is 0.800 bits per heavy atom. The van der Waals surface area contributed by atoms with Crippen LogP contribution in [0, 0.1) is 0 Å². The third-order valence-electron chi connectivity index (χ3n) is 3.33. The lowest BCUT2D eigenvalue weighted by Crippen LogP contribution is -2.15. The van der Waals surface area contributed by atoms with Crippen molar-refractivity contribution >= 4 is 60.2 Å². The van der Waals surface area contributed by atoms with E-state index in [0.29, 0.717) is 5.17 Å². The van der Waals surface area contributed by atoms with Gasteiger partial charge in [0.15, 0.2) is 0 Å². The predicted molar refractivity (Wildman–Crippen MR) is 117 cm³/mol. The Balaban J connectivity index is 2.09. The number of nitrogens with zero attached hydrogens (tertiary/aromatic N) is 3. The van der Waals surface area contributed by atoms with E-state index < -0.39 is 0 Å². The van der Waals surface area contributed by atoms with Gasteiger partial charge in [-0.1, -0.05) is 67.9 Å². The molecular formula is C18H18Br2N4S. The molecule has 2 rings (SSSR count). The minimum absolute atomic E-state index is 0.632. The quantitative estimate of drug-likeness (QED) is 0.347. The van der Waals surface area contributed by atoms with Crippen LogP contribution < -0.4 is 5.43 Å². The van der Waals surface area contributed by atoms with Crippen LogP contribution in [0.25, 0.3) is 0 Å². The summed E-state index contributed by atoms with van der Waals surface area (Å²) in [5, 5.41) is 13.6. The van der Waals surface area contributed by atoms with Crippen molar-refractivity contribution in [2.45, 2.75) is 13.8 Å². The first kappa shape index (κ1) is 19.9. The van der Waals surface area contributed by atoms with Crippen LogP contribution in [0.15, 0.2) is 72.8 Å². The van der Waals surface area contributed by atoms with Gasteiger partial charge in [-0.05, 0) is 55.5 Å². The molecule has 1 N–H and O–H groups in total. The van der Waals surface area contributed by atoms with Gasteiger partial charge >= 0.3 is 0 Å². The SMILES string of the molecule is CS/C(=N\N=C(\C)c1ccc(Br)cc1)N/N=C(/C)c1ccc(Br)cc1. The van der Waals surface area contributed by atoms with Crippen molar-refractivity contribution in [3.05, 3.63) is 68.6 Å². The van der Waals surface area contributed by atoms with Crippen molar-refractivity contribution in [2.75, 3.05) is 6.26 Å². The molecule has 0 bridgehead atoms. The van der Waals surface area contributed by atoms with E-state index in [4.69, 9.17) is 0 Å². The van der Waals surface area contributed by atoms with Crippen molar-refractivity contribution in [2.24, 2.45) is 15.3 Å². The van der Waals surface area contributed by atoms with Gasteiger partial charge in [0, 0.05) is 8.95 Å². The van der Waals surface area contributed by atoms with Gasteiger partial charge in [-0.3, -0.25) is 5.43 Å². The number of hydrazone groups is 1. The molecule has 0 fully saturated rings. The molecule has 0 amide bonds. The van der Waals surface area contributed by atoms with Crippen LogP contribution in [0.2, 0.25) is 0 Å². The molecule has 0 heterocycles. The Hall–Kier alpha value is -1.44. The number of nitrogens with one attached hydrogen (secondary N) is 1. The van der Waals surface area contributed by atoms with Crippen LogP contribution in [0.1, 0.15) is 25.0 Å². The monoisotopic (exact) mass is 480 g/mol. The molecule has 25 heavy (non-hydrogen) atoms. The molecule has 2 aromatic carbocycles. The summed E-state index contributed by atoms with van der Waals surface area (Å²) in [6.45, 7) is 3.88. The second kappa shape index (κ2) is 9.89. The molecule has 0 aliphatic heterocycles. The number of amidine groups is 1. The molecule has 0 atom stereocenters. The van der Waals surface area contributed by atoms with Crippen molar-refractivity contribution < 1.29 is 0 Å². The lowest BCUT2D eigenvalue weighted by Gasteiger charge is -2.04. The summed E-state index contributed by atoms with van der Waals surface area (Å²) in [5.41, 5.74) is 6.77. The molecule has 2 aromatic rings. The highest BCUT2D eigenvalue weighted by Gasteiger charge is 2.00. The van der Waals surface area contributed by atoms with Crippen LogP contribution in [0.5, 0.6) is 0 Å². The van der Waals surface area contributed by atoms with Crippen molar-refractivity contribution in [3.8, 4) is 0 Å². The smallest absolute Gasteiger partial charge is 0.203 e. The Bertz CT molecular complexity index is 797. The van der Waals surface area contributed by atoms with E-state index in [9.17, 15) is 0 Å². The lowest BCUT2D eigenvalue weighted by molar-refractivity contribution is 1.02. The first-order valence-corrected chi connectivity index (χ1v) is 10.3. The largest absolute Gasteiger partial charge is 0.254 e. The molecule has 130 valence electrons. The molecule has 7 heteroatoms.